The number of carbonyl (C=O) groups is 1. The number of nitrogens with two attached hydrogens (primary N) is 2. The lowest BCUT2D eigenvalue weighted by molar-refractivity contribution is -0.137. The summed E-state index contributed by atoms with van der Waals surface area (Å²) in [6.07, 6.45) is -1.70. The molecule has 234 valence electrons. The normalized spacial score (nSPS) is 14.6. The molecule has 0 radical (unpaired) electrons. The molecule has 1 fully saturated rings. The second-order valence-corrected chi connectivity index (χ2v) is 12.8. The van der Waals surface area contributed by atoms with Crippen molar-refractivity contribution in [1.29, 1.82) is 0 Å². The Morgan fingerprint density at radius 3 is 2.31 bits per heavy atom. The van der Waals surface area contributed by atoms with Gasteiger partial charge in [-0.2, -0.15) is 13.2 Å². The molecule has 1 aliphatic carbocycles. The topological polar surface area (TPSA) is 158 Å². The number of benzene rings is 3. The fourth-order valence-corrected chi connectivity index (χ4v) is 5.66. The number of allylic oxidation sites excluding steroid dienone is 1. The average Bonchev–Trinajstić information content (AvgIpc) is 3.68. The molecule has 0 atom stereocenters. The van der Waals surface area contributed by atoms with Crippen molar-refractivity contribution in [3.63, 3.8) is 0 Å². The van der Waals surface area contributed by atoms with E-state index in [0.717, 1.165) is 36.3 Å². The molecule has 45 heavy (non-hydrogen) atoms. The molecule has 1 heterocycles. The Morgan fingerprint density at radius 2 is 1.73 bits per heavy atom. The molecular formula is C31H27F3N4O5S2. The van der Waals surface area contributed by atoms with Gasteiger partial charge in [0.2, 0.25) is 15.2 Å². The number of rotatable bonds is 11. The fraction of sp³-hybridized carbons (Fsp3) is 0.194. The first-order valence-electron chi connectivity index (χ1n) is 13.6. The number of aliphatic imine (C=N–C) groups is 1. The molecule has 3 aromatic carbocycles. The molecule has 5 N–H and O–H groups in total. The zero-order valence-electron chi connectivity index (χ0n) is 23.5. The van der Waals surface area contributed by atoms with Crippen LogP contribution in [0.2, 0.25) is 0 Å². The van der Waals surface area contributed by atoms with Gasteiger partial charge >= 0.3 is 12.1 Å². The maximum absolute atomic E-state index is 13.0. The van der Waals surface area contributed by atoms with Crippen LogP contribution in [-0.2, 0) is 22.6 Å². The summed E-state index contributed by atoms with van der Waals surface area (Å²) < 4.78 is 68.4. The monoisotopic (exact) mass is 656 g/mol. The maximum Gasteiger partial charge on any atom is 0.416 e. The Bertz CT molecular complexity index is 1880. The number of hydrogen-bond donors (Lipinski definition) is 3. The van der Waals surface area contributed by atoms with E-state index in [4.69, 9.17) is 20.6 Å². The smallest absolute Gasteiger partial charge is 0.416 e. The van der Waals surface area contributed by atoms with Gasteiger partial charge in [0, 0.05) is 34.3 Å². The average molecular weight is 657 g/mol. The first kappa shape index (κ1) is 31.9. The molecule has 9 nitrogen and oxygen atoms in total. The van der Waals surface area contributed by atoms with Crippen molar-refractivity contribution < 1.29 is 36.2 Å². The lowest BCUT2D eigenvalue weighted by atomic mass is 9.93. The van der Waals surface area contributed by atoms with Crippen LogP contribution in [0.5, 0.6) is 11.5 Å². The summed E-state index contributed by atoms with van der Waals surface area (Å²) >= 11 is 1.08. The summed E-state index contributed by atoms with van der Waals surface area (Å²) in [5.74, 6) is -0.290. The summed E-state index contributed by atoms with van der Waals surface area (Å²) in [6, 6.07) is 17.1. The van der Waals surface area contributed by atoms with E-state index < -0.39 is 27.7 Å². The van der Waals surface area contributed by atoms with E-state index >= 15 is 0 Å². The Balaban J connectivity index is 1.55. The van der Waals surface area contributed by atoms with Gasteiger partial charge in [-0.3, -0.25) is 0 Å². The van der Waals surface area contributed by atoms with Crippen LogP contribution in [0.15, 0.2) is 93.6 Å². The Hall–Kier alpha value is -4.53. The minimum absolute atomic E-state index is 0.0475. The Labute approximate surface area is 260 Å². The van der Waals surface area contributed by atoms with Crippen molar-refractivity contribution in [3.05, 3.63) is 106 Å². The molecule has 0 bridgehead atoms. The molecule has 5 rings (SSSR count). The number of halogens is 3. The first-order valence-corrected chi connectivity index (χ1v) is 16.0. The van der Waals surface area contributed by atoms with Gasteiger partial charge < -0.3 is 15.6 Å². The predicted molar refractivity (Wildman–Crippen MR) is 164 cm³/mol. The number of nitrogens with zero attached hydrogens (tertiary/aromatic N) is 2. The van der Waals surface area contributed by atoms with Crippen molar-refractivity contribution in [2.24, 2.45) is 21.8 Å². The number of ether oxygens (including phenoxy) is 1. The highest BCUT2D eigenvalue weighted by atomic mass is 32.2. The molecule has 1 aromatic heterocycles. The third-order valence-corrected chi connectivity index (χ3v) is 8.65. The predicted octanol–water partition coefficient (Wildman–Crippen LogP) is 6.79. The summed E-state index contributed by atoms with van der Waals surface area (Å²) in [7, 11) is -3.90. The van der Waals surface area contributed by atoms with E-state index in [1.165, 1.54) is 29.6 Å². The van der Waals surface area contributed by atoms with Crippen molar-refractivity contribution in [3.8, 4) is 11.5 Å². The van der Waals surface area contributed by atoms with Crippen LogP contribution in [0.25, 0.3) is 5.70 Å². The number of hydrogen-bond acceptors (Lipinski definition) is 8. The molecule has 0 amide bonds. The van der Waals surface area contributed by atoms with Crippen LogP contribution in [0.1, 0.15) is 46.4 Å². The molecule has 0 saturated heterocycles. The van der Waals surface area contributed by atoms with Gasteiger partial charge in [-0.25, -0.2) is 28.3 Å². The molecule has 0 spiro atoms. The van der Waals surface area contributed by atoms with Gasteiger partial charge in [-0.05, 0) is 79.3 Å². The minimum atomic E-state index is -4.47. The number of sulfonamides is 1. The van der Waals surface area contributed by atoms with Crippen molar-refractivity contribution in [2.45, 2.75) is 36.8 Å². The standard InChI is InChI=1S/C31H27F3N4O5S2/c32-31(33,34)21-8-10-22(11-9-21)43-23-3-1-2-20(16-23)28(35)25(14-18-6-12-24(13-7-18)45(36,41)42)26(15-19-4-5-19)37-30-38-27(17-44-30)29(39)40/h1-3,6-13,16-17,19H,4-5,14-15,35H2,(H,39,40)(H2,36,41,42). The van der Waals surface area contributed by atoms with E-state index in [9.17, 15) is 31.5 Å². The third kappa shape index (κ3) is 8.35. The number of alkyl halides is 3. The van der Waals surface area contributed by atoms with Crippen LogP contribution < -0.4 is 15.6 Å². The zero-order chi connectivity index (χ0) is 32.4. The highest BCUT2D eigenvalue weighted by molar-refractivity contribution is 7.89. The van der Waals surface area contributed by atoms with E-state index in [2.05, 4.69) is 4.98 Å². The highest BCUT2D eigenvalue weighted by Gasteiger charge is 2.30. The Morgan fingerprint density at radius 1 is 1.04 bits per heavy atom. The summed E-state index contributed by atoms with van der Waals surface area (Å²) in [5.41, 5.74) is 8.69. The van der Waals surface area contributed by atoms with E-state index in [1.807, 2.05) is 0 Å². The van der Waals surface area contributed by atoms with E-state index in [-0.39, 0.29) is 27.9 Å². The molecule has 1 aliphatic rings. The van der Waals surface area contributed by atoms with Crippen molar-refractivity contribution in [1.82, 2.24) is 4.98 Å². The second kappa shape index (κ2) is 12.8. The largest absolute Gasteiger partial charge is 0.476 e. The molecule has 14 heteroatoms. The first-order chi connectivity index (χ1) is 21.3. The van der Waals surface area contributed by atoms with Gasteiger partial charge in [0.15, 0.2) is 5.69 Å². The molecule has 0 unspecified atom stereocenters. The van der Waals surface area contributed by atoms with Gasteiger partial charge in [0.1, 0.15) is 11.5 Å². The number of aromatic carboxylic acids is 1. The van der Waals surface area contributed by atoms with E-state index in [0.29, 0.717) is 46.2 Å². The van der Waals surface area contributed by atoms with Crippen LogP contribution in [0.4, 0.5) is 18.3 Å². The zero-order valence-corrected chi connectivity index (χ0v) is 25.1. The van der Waals surface area contributed by atoms with Crippen LogP contribution in [-0.4, -0.2) is 30.2 Å². The summed E-state index contributed by atoms with van der Waals surface area (Å²) in [6.45, 7) is 0. The highest BCUT2D eigenvalue weighted by Crippen LogP contribution is 2.37. The number of thiazole rings is 1. The summed E-state index contributed by atoms with van der Waals surface area (Å²) in [5, 5.41) is 16.3. The number of primary sulfonamides is 1. The van der Waals surface area contributed by atoms with Gasteiger partial charge in [0.05, 0.1) is 10.5 Å². The molecular weight excluding hydrogens is 629 g/mol. The number of aromatic nitrogens is 1. The fourth-order valence-electron chi connectivity index (χ4n) is 4.46. The van der Waals surface area contributed by atoms with Gasteiger partial charge in [-0.1, -0.05) is 24.3 Å². The van der Waals surface area contributed by atoms with Crippen molar-refractivity contribution in [2.75, 3.05) is 0 Å². The van der Waals surface area contributed by atoms with Gasteiger partial charge in [0.25, 0.3) is 0 Å². The van der Waals surface area contributed by atoms with E-state index in [1.54, 1.807) is 36.4 Å². The lowest BCUT2D eigenvalue weighted by Crippen LogP contribution is -2.15. The van der Waals surface area contributed by atoms with Crippen LogP contribution in [0, 0.1) is 5.92 Å². The molecule has 1 saturated carbocycles. The van der Waals surface area contributed by atoms with Crippen molar-refractivity contribution >= 4 is 43.9 Å². The summed E-state index contributed by atoms with van der Waals surface area (Å²) in [4.78, 5) is 20.2. The van der Waals surface area contributed by atoms with Gasteiger partial charge in [-0.15, -0.1) is 11.3 Å². The Kier molecular flexibility index (Phi) is 9.09. The maximum atomic E-state index is 13.0. The molecule has 0 aliphatic heterocycles. The van der Waals surface area contributed by atoms with Crippen LogP contribution >= 0.6 is 11.3 Å². The number of carboxylic acids is 1. The second-order valence-electron chi connectivity index (χ2n) is 10.4. The van der Waals surface area contributed by atoms with Crippen LogP contribution in [0.3, 0.4) is 0 Å². The minimum Gasteiger partial charge on any atom is -0.476 e. The quantitative estimate of drug-likeness (QED) is 0.150. The third-order valence-electron chi connectivity index (χ3n) is 6.99. The number of carboxylic acid groups (broad SMARTS) is 1. The SMILES string of the molecule is NC(=C(Cc1ccc(S(N)(=O)=O)cc1)C(CC1CC1)=Nc1nc(C(=O)O)cs1)c1cccc(Oc2ccc(C(F)(F)F)cc2)c1. The lowest BCUT2D eigenvalue weighted by Gasteiger charge is -2.17. The molecule has 4 aromatic rings.